The van der Waals surface area contributed by atoms with Gasteiger partial charge in [-0.3, -0.25) is 5.21 Å². The summed E-state index contributed by atoms with van der Waals surface area (Å²) in [6.07, 6.45) is -0.420. The summed E-state index contributed by atoms with van der Waals surface area (Å²) in [6, 6.07) is 0. The Kier molecular flexibility index (Phi) is 1.87. The molecule has 7 heteroatoms. The van der Waals surface area contributed by atoms with Crippen molar-refractivity contribution < 1.29 is 30.7 Å². The molecule has 7 nitrogen and oxygen atoms in total. The highest BCUT2D eigenvalue weighted by molar-refractivity contribution is 5.05. The first-order valence-electron chi connectivity index (χ1n) is 3.04. The topological polar surface area (TPSA) is 125 Å². The third-order valence-corrected chi connectivity index (χ3v) is 1.64. The molecule has 0 saturated carbocycles. The lowest BCUT2D eigenvalue weighted by molar-refractivity contribution is -0.468. The van der Waals surface area contributed by atoms with Gasteiger partial charge in [-0.15, -0.1) is 0 Å². The van der Waals surface area contributed by atoms with Gasteiger partial charge in [0.1, 0.15) is 6.10 Å². The summed E-state index contributed by atoms with van der Waals surface area (Å²) in [4.78, 5) is 0. The van der Waals surface area contributed by atoms with Crippen LogP contribution in [0.25, 0.3) is 0 Å². The predicted molar refractivity (Wildman–Crippen MR) is 33.1 cm³/mol. The van der Waals surface area contributed by atoms with Crippen LogP contribution in [-0.4, -0.2) is 53.6 Å². The maximum atomic E-state index is 8.89. The highest BCUT2D eigenvalue weighted by Crippen LogP contribution is 2.28. The van der Waals surface area contributed by atoms with Gasteiger partial charge in [-0.25, -0.2) is 5.06 Å². The van der Waals surface area contributed by atoms with Crippen LogP contribution >= 0.6 is 0 Å². The highest BCUT2D eigenvalue weighted by Gasteiger charge is 2.58. The first kappa shape index (κ1) is 9.39. The summed E-state index contributed by atoms with van der Waals surface area (Å²) < 4.78 is 0. The molecule has 0 aliphatic carbocycles. The van der Waals surface area contributed by atoms with E-state index in [9.17, 15) is 0 Å². The van der Waals surface area contributed by atoms with Gasteiger partial charge in [0, 0.05) is 6.20 Å². The molecule has 0 aromatic rings. The van der Waals surface area contributed by atoms with E-state index in [1.165, 1.54) is 0 Å². The Labute approximate surface area is 67.0 Å². The second-order valence-corrected chi connectivity index (χ2v) is 2.49. The molecule has 0 bridgehead atoms. The molecule has 0 saturated heterocycles. The molecule has 1 atom stereocenters. The van der Waals surface area contributed by atoms with E-state index >= 15 is 0 Å². The smallest absolute Gasteiger partial charge is 0.328 e. The lowest BCUT2D eigenvalue weighted by atomic mass is 10.0. The first-order chi connectivity index (χ1) is 5.30. The van der Waals surface area contributed by atoms with Crippen molar-refractivity contribution in [2.75, 3.05) is 0 Å². The van der Waals surface area contributed by atoms with Crippen molar-refractivity contribution in [2.45, 2.75) is 17.8 Å². The number of hydrogen-bond acceptors (Lipinski definition) is 7. The number of hydrogen-bond donors (Lipinski definition) is 6. The van der Waals surface area contributed by atoms with Gasteiger partial charge in [0.25, 0.3) is 5.79 Å². The summed E-state index contributed by atoms with van der Waals surface area (Å²) in [5, 5.41) is 52.8. The van der Waals surface area contributed by atoms with Crippen LogP contribution in [-0.2, 0) is 0 Å². The number of hydroxylamine groups is 2. The van der Waals surface area contributed by atoms with Crippen LogP contribution in [0.2, 0.25) is 0 Å². The summed E-state index contributed by atoms with van der Waals surface area (Å²) in [7, 11) is 0. The minimum atomic E-state index is -3.33. The Morgan fingerprint density at radius 1 is 1.17 bits per heavy atom. The van der Waals surface area contributed by atoms with Crippen molar-refractivity contribution >= 4 is 0 Å². The molecule has 6 N–H and O–H groups in total. The number of nitrogens with zero attached hydrogens (tertiary/aromatic N) is 1. The molecule has 0 spiro atoms. The lowest BCUT2D eigenvalue weighted by Crippen LogP contribution is -2.69. The first-order valence-corrected chi connectivity index (χ1v) is 3.04. The standard InChI is InChI=1S/C5H9NO6/c7-3-1-2-6(12)5(10,11)4(3,8)9/h1-3,7-12H. The lowest BCUT2D eigenvalue weighted by Gasteiger charge is -2.42. The Morgan fingerprint density at radius 3 is 2.08 bits per heavy atom. The van der Waals surface area contributed by atoms with Crippen molar-refractivity contribution in [3.63, 3.8) is 0 Å². The van der Waals surface area contributed by atoms with Crippen LogP contribution in [0, 0.1) is 0 Å². The molecule has 0 radical (unpaired) electrons. The molecule has 0 aromatic carbocycles. The molecule has 0 amide bonds. The minimum Gasteiger partial charge on any atom is -0.383 e. The second kappa shape index (κ2) is 2.39. The molecule has 1 rings (SSSR count). The van der Waals surface area contributed by atoms with Gasteiger partial charge in [0.15, 0.2) is 0 Å². The Morgan fingerprint density at radius 2 is 1.67 bits per heavy atom. The van der Waals surface area contributed by atoms with Gasteiger partial charge in [-0.05, 0) is 6.08 Å². The van der Waals surface area contributed by atoms with E-state index < -0.39 is 17.8 Å². The van der Waals surface area contributed by atoms with E-state index in [-0.39, 0.29) is 5.06 Å². The fraction of sp³-hybridized carbons (Fsp3) is 0.600. The number of rotatable bonds is 0. The van der Waals surface area contributed by atoms with Crippen LogP contribution in [0.5, 0.6) is 0 Å². The Balaban J connectivity index is 3.07. The molecule has 0 aromatic heterocycles. The highest BCUT2D eigenvalue weighted by atomic mass is 16.7. The quantitative estimate of drug-likeness (QED) is 0.217. The molecule has 1 aliphatic rings. The average molecular weight is 179 g/mol. The van der Waals surface area contributed by atoms with Gasteiger partial charge in [0.05, 0.1) is 0 Å². The van der Waals surface area contributed by atoms with Gasteiger partial charge in [-0.1, -0.05) is 0 Å². The van der Waals surface area contributed by atoms with Gasteiger partial charge >= 0.3 is 5.91 Å². The van der Waals surface area contributed by atoms with Gasteiger partial charge < -0.3 is 25.5 Å². The van der Waals surface area contributed by atoms with Gasteiger partial charge in [0.2, 0.25) is 0 Å². The van der Waals surface area contributed by atoms with E-state index in [1.54, 1.807) is 0 Å². The van der Waals surface area contributed by atoms with Crippen molar-refractivity contribution in [2.24, 2.45) is 0 Å². The van der Waals surface area contributed by atoms with E-state index in [2.05, 4.69) is 0 Å². The molecule has 70 valence electrons. The van der Waals surface area contributed by atoms with Gasteiger partial charge in [-0.2, -0.15) is 0 Å². The summed E-state index contributed by atoms with van der Waals surface area (Å²) in [6.45, 7) is 0. The molecular formula is C5H9NO6. The molecular weight excluding hydrogens is 170 g/mol. The third kappa shape index (κ3) is 1.00. The zero-order valence-electron chi connectivity index (χ0n) is 5.86. The summed E-state index contributed by atoms with van der Waals surface area (Å²) >= 11 is 0. The monoisotopic (exact) mass is 179 g/mol. The maximum absolute atomic E-state index is 8.89. The molecule has 0 fully saturated rings. The fourth-order valence-electron chi connectivity index (χ4n) is 0.768. The summed E-state index contributed by atoms with van der Waals surface area (Å²) in [5.41, 5.74) is 0. The van der Waals surface area contributed by atoms with Crippen LogP contribution in [0.15, 0.2) is 12.3 Å². The third-order valence-electron chi connectivity index (χ3n) is 1.64. The molecule has 1 heterocycles. The van der Waals surface area contributed by atoms with E-state index in [1.807, 2.05) is 0 Å². The van der Waals surface area contributed by atoms with E-state index in [0.29, 0.717) is 6.20 Å². The number of aliphatic hydroxyl groups excluding tert-OH is 1. The van der Waals surface area contributed by atoms with Crippen LogP contribution < -0.4 is 0 Å². The van der Waals surface area contributed by atoms with Crippen molar-refractivity contribution in [1.29, 1.82) is 0 Å². The fourth-order valence-corrected chi connectivity index (χ4v) is 0.768. The zero-order valence-corrected chi connectivity index (χ0v) is 5.86. The van der Waals surface area contributed by atoms with Crippen LogP contribution in [0.3, 0.4) is 0 Å². The Bertz CT molecular complexity index is 190. The van der Waals surface area contributed by atoms with Crippen LogP contribution in [0.4, 0.5) is 0 Å². The predicted octanol–water partition coefficient (Wildman–Crippen LogP) is -3.11. The molecule has 1 unspecified atom stereocenters. The number of aliphatic hydroxyl groups is 5. The van der Waals surface area contributed by atoms with Crippen molar-refractivity contribution in [3.8, 4) is 0 Å². The average Bonchev–Trinajstić information content (AvgIpc) is 1.96. The van der Waals surface area contributed by atoms with Crippen molar-refractivity contribution in [1.82, 2.24) is 5.06 Å². The zero-order chi connectivity index (χ0) is 9.57. The maximum Gasteiger partial charge on any atom is 0.328 e. The minimum absolute atomic E-state index is 0.236. The van der Waals surface area contributed by atoms with Crippen LogP contribution in [0.1, 0.15) is 0 Å². The second-order valence-electron chi connectivity index (χ2n) is 2.49. The molecule has 1 aliphatic heterocycles. The SMILES string of the molecule is OC1C=CN(O)C(O)(O)C1(O)O. The summed E-state index contributed by atoms with van der Waals surface area (Å²) in [5.74, 6) is -6.57. The van der Waals surface area contributed by atoms with E-state index in [0.717, 1.165) is 6.08 Å². The molecule has 12 heavy (non-hydrogen) atoms. The van der Waals surface area contributed by atoms with Crippen molar-refractivity contribution in [3.05, 3.63) is 12.3 Å². The Hall–Kier alpha value is -0.700. The largest absolute Gasteiger partial charge is 0.383 e. The van der Waals surface area contributed by atoms with E-state index in [4.69, 9.17) is 30.7 Å². The normalized spacial score (nSPS) is 32.2.